The largest absolute Gasteiger partial charge is 0.478 e. The minimum atomic E-state index is -1.10. The van der Waals surface area contributed by atoms with E-state index in [1.165, 1.54) is 12.1 Å². The number of nitrogens with one attached hydrogen (secondary N) is 7. The number of nitrogens with zero attached hydrogens (tertiary/aromatic N) is 8. The van der Waals surface area contributed by atoms with Gasteiger partial charge in [0, 0.05) is 49.6 Å². The van der Waals surface area contributed by atoms with Crippen molar-refractivity contribution in [2.75, 3.05) is 87.1 Å². The van der Waals surface area contributed by atoms with Gasteiger partial charge < -0.3 is 86.4 Å². The van der Waals surface area contributed by atoms with Crippen molar-refractivity contribution in [3.05, 3.63) is 70.2 Å². The van der Waals surface area contributed by atoms with Crippen molar-refractivity contribution >= 4 is 104 Å². The van der Waals surface area contributed by atoms with Crippen molar-refractivity contribution in [3.63, 3.8) is 0 Å². The predicted molar refractivity (Wildman–Crippen MR) is 345 cm³/mol. The third-order valence-electron chi connectivity index (χ3n) is 12.1. The van der Waals surface area contributed by atoms with Crippen molar-refractivity contribution in [2.45, 2.75) is 140 Å². The predicted octanol–water partition coefficient (Wildman–Crippen LogP) is 9.56. The van der Waals surface area contributed by atoms with Crippen molar-refractivity contribution in [2.24, 2.45) is 17.6 Å². The van der Waals surface area contributed by atoms with E-state index in [0.29, 0.717) is 89.1 Å². The summed E-state index contributed by atoms with van der Waals surface area (Å²) < 4.78 is 24.6. The van der Waals surface area contributed by atoms with Crippen LogP contribution in [0.25, 0.3) is 22.3 Å². The molecule has 27 nitrogen and oxygen atoms in total. The lowest BCUT2D eigenvalue weighted by atomic mass is 10.1. The van der Waals surface area contributed by atoms with Gasteiger partial charge in [0.1, 0.15) is 11.2 Å². The first kappa shape index (κ1) is 74.9. The van der Waals surface area contributed by atoms with Gasteiger partial charge in [0.05, 0.1) is 85.6 Å². The average Bonchev–Trinajstić information content (AvgIpc) is 2.33. The van der Waals surface area contributed by atoms with Gasteiger partial charge in [-0.3, -0.25) is 4.79 Å². The molecule has 2 atom stereocenters. The van der Waals surface area contributed by atoms with Crippen molar-refractivity contribution < 1.29 is 53.4 Å². The number of amides is 3. The van der Waals surface area contributed by atoms with Crippen LogP contribution >= 0.6 is 23.2 Å². The molecular weight excluding hydrogens is 1180 g/mol. The Morgan fingerprint density at radius 2 is 0.977 bits per heavy atom. The Balaban J connectivity index is 0.000000389. The smallest absolute Gasteiger partial charge is 0.407 e. The first-order valence-electron chi connectivity index (χ1n) is 28.6. The standard InChI is InChI=1S/C29H43ClN8O5.C20H25ClN6O3.C9H20N2O3.CH4/c1-17(2)22(15-39)35-27-36-24(23-25(37-27)38(16-33-23)18(3)4)34-19-8-9-20(21(30)14-19)26(40)31-10-12-42-13-11-32-28(41)43-29(5,6)7;1-10(2)15(8-28)24-20-25-17(16-18(26-20)27(9-22-16)11(3)4)23-12-5-6-13(19(29)30)14(21)7-12;1-9(2,3)14-8(12)11-5-7-13-6-4-10;/h8-9,14,16-18,22,39H,10-13,15H2,1-7H3,(H,31,40)(H,32,41)(H2,34,35,36,37);5-7,9-11,15,28H,8H2,1-4H3,(H,29,30)(H2,23,24,25,26);4-7,10H2,1-3H3,(H,11,12);1H4/t22-;15-;;/m00../s1. The number of aromatic carboxylic acids is 1. The van der Waals surface area contributed by atoms with Gasteiger partial charge >= 0.3 is 18.2 Å². The molecule has 88 heavy (non-hydrogen) atoms. The molecule has 12 N–H and O–H groups in total. The van der Waals surface area contributed by atoms with E-state index >= 15 is 0 Å². The second-order valence-corrected chi connectivity index (χ2v) is 23.9. The number of nitrogens with two attached hydrogens (primary N) is 1. The van der Waals surface area contributed by atoms with Gasteiger partial charge in [0.2, 0.25) is 11.9 Å². The summed E-state index contributed by atoms with van der Waals surface area (Å²) in [6, 6.07) is 9.36. The number of imidazole rings is 2. The minimum absolute atomic E-state index is 0. The number of alkyl carbamates (subject to hydrolysis) is 2. The van der Waals surface area contributed by atoms with Gasteiger partial charge in [-0.15, -0.1) is 0 Å². The van der Waals surface area contributed by atoms with Crippen molar-refractivity contribution in [1.82, 2.24) is 55.0 Å². The third-order valence-corrected chi connectivity index (χ3v) is 12.8. The number of rotatable bonds is 27. The summed E-state index contributed by atoms with van der Waals surface area (Å²) in [5, 5.41) is 49.8. The first-order valence-corrected chi connectivity index (χ1v) is 29.4. The van der Waals surface area contributed by atoms with Gasteiger partial charge in [0.25, 0.3) is 5.91 Å². The Morgan fingerprint density at radius 3 is 1.32 bits per heavy atom. The molecule has 488 valence electrons. The average molecular weight is 1270 g/mol. The van der Waals surface area contributed by atoms with E-state index in [1.54, 1.807) is 57.7 Å². The quantitative estimate of drug-likeness (QED) is 0.0214. The molecular formula is C59H92Cl2N16O11. The van der Waals surface area contributed by atoms with Crippen LogP contribution in [-0.4, -0.2) is 168 Å². The van der Waals surface area contributed by atoms with Crippen LogP contribution in [0.3, 0.4) is 0 Å². The van der Waals surface area contributed by atoms with Crippen LogP contribution in [0, 0.1) is 11.8 Å². The highest BCUT2D eigenvalue weighted by molar-refractivity contribution is 6.34. The van der Waals surface area contributed by atoms with E-state index in [0.717, 1.165) is 0 Å². The number of aromatic nitrogens is 8. The number of hydrogen-bond donors (Lipinski definition) is 11. The van der Waals surface area contributed by atoms with E-state index in [1.807, 2.05) is 85.3 Å². The van der Waals surface area contributed by atoms with E-state index in [9.17, 15) is 29.4 Å². The molecule has 6 rings (SSSR count). The summed E-state index contributed by atoms with van der Waals surface area (Å²) in [5.74, 6) is 0.497. The van der Waals surface area contributed by atoms with Crippen LogP contribution in [0.4, 0.5) is 44.5 Å². The molecule has 29 heteroatoms. The molecule has 3 amide bonds. The van der Waals surface area contributed by atoms with Gasteiger partial charge in [-0.1, -0.05) is 58.3 Å². The van der Waals surface area contributed by atoms with E-state index in [2.05, 4.69) is 67.1 Å². The molecule has 0 saturated heterocycles. The zero-order chi connectivity index (χ0) is 64.8. The van der Waals surface area contributed by atoms with Gasteiger partial charge in [-0.2, -0.15) is 19.9 Å². The summed E-state index contributed by atoms with van der Waals surface area (Å²) in [5.41, 5.74) is 8.11. The highest BCUT2D eigenvalue weighted by Crippen LogP contribution is 2.31. The van der Waals surface area contributed by atoms with Crippen LogP contribution in [-0.2, 0) is 18.9 Å². The topological polar surface area (TPSA) is 363 Å². The number of hydrogen-bond acceptors (Lipinski definition) is 21. The number of carbonyl (C=O) groups excluding carboxylic acids is 3. The molecule has 4 aromatic heterocycles. The first-order chi connectivity index (χ1) is 40.9. The van der Waals surface area contributed by atoms with E-state index in [4.69, 9.17) is 53.0 Å². The monoisotopic (exact) mass is 1270 g/mol. The number of aliphatic hydroxyl groups is 2. The second-order valence-electron chi connectivity index (χ2n) is 23.1. The molecule has 0 radical (unpaired) electrons. The summed E-state index contributed by atoms with van der Waals surface area (Å²) in [6.45, 7) is 29.8. The van der Waals surface area contributed by atoms with Crippen molar-refractivity contribution in [3.8, 4) is 0 Å². The number of ether oxygens (including phenoxy) is 4. The van der Waals surface area contributed by atoms with Gasteiger partial charge in [-0.25, -0.2) is 24.4 Å². The molecule has 4 heterocycles. The Morgan fingerprint density at radius 1 is 0.591 bits per heavy atom. The zero-order valence-electron chi connectivity index (χ0n) is 52.2. The van der Waals surface area contributed by atoms with Crippen LogP contribution in [0.15, 0.2) is 49.1 Å². The molecule has 0 aliphatic carbocycles. The van der Waals surface area contributed by atoms with E-state index < -0.39 is 29.4 Å². The van der Waals surface area contributed by atoms with Crippen LogP contribution in [0.2, 0.25) is 10.0 Å². The van der Waals surface area contributed by atoms with Crippen molar-refractivity contribution in [1.29, 1.82) is 0 Å². The number of carbonyl (C=O) groups is 4. The maximum absolute atomic E-state index is 12.7. The summed E-state index contributed by atoms with van der Waals surface area (Å²) in [7, 11) is 0. The fourth-order valence-corrected chi connectivity index (χ4v) is 8.11. The molecule has 0 saturated carbocycles. The second kappa shape index (κ2) is 35.6. The lowest BCUT2D eigenvalue weighted by Gasteiger charge is -2.20. The lowest BCUT2D eigenvalue weighted by molar-refractivity contribution is 0.0490. The highest BCUT2D eigenvalue weighted by Gasteiger charge is 2.23. The maximum atomic E-state index is 12.7. The number of benzene rings is 2. The van der Waals surface area contributed by atoms with Crippen LogP contribution in [0.5, 0.6) is 0 Å². The molecule has 0 bridgehead atoms. The number of anilines is 6. The SMILES string of the molecule is C.CC(C)(C)OC(=O)NCCOCCN.CC(C)[C@H](CO)Nc1nc(Nc2ccc(C(=O)NCCOCCNC(=O)OC(C)(C)C)c(Cl)c2)c2ncn(C(C)C)c2n1.CC(C)[C@H](CO)Nc1nc(Nc2ccc(C(=O)O)c(Cl)c2)c2ncn(C(C)C)c2n1. The number of aliphatic hydroxyl groups excluding tert-OH is 2. The number of carboxylic acids is 1. The molecule has 0 aliphatic heterocycles. The van der Waals surface area contributed by atoms with Crippen LogP contribution < -0.4 is 43.0 Å². The summed E-state index contributed by atoms with van der Waals surface area (Å²) >= 11 is 12.6. The molecule has 0 spiro atoms. The lowest BCUT2D eigenvalue weighted by Crippen LogP contribution is -2.34. The Labute approximate surface area is 525 Å². The maximum Gasteiger partial charge on any atom is 0.407 e. The fraction of sp³-hybridized carbons (Fsp3) is 0.559. The number of fused-ring (bicyclic) bond motifs is 2. The fourth-order valence-electron chi connectivity index (χ4n) is 7.59. The number of halogens is 2. The molecule has 2 aromatic carbocycles. The van der Waals surface area contributed by atoms with Gasteiger partial charge in [-0.05, 0) is 117 Å². The Hall–Kier alpha value is -7.40. The number of carboxylic acid groups (broad SMARTS) is 1. The highest BCUT2D eigenvalue weighted by atomic mass is 35.5. The molecule has 0 unspecified atom stereocenters. The molecule has 0 fully saturated rings. The Kier molecular flexibility index (Phi) is 30.2. The van der Waals surface area contributed by atoms with Crippen LogP contribution in [0.1, 0.15) is 137 Å². The minimum Gasteiger partial charge on any atom is -0.478 e. The summed E-state index contributed by atoms with van der Waals surface area (Å²) in [4.78, 5) is 74.1. The third kappa shape index (κ3) is 24.3. The molecule has 6 aromatic rings. The normalized spacial score (nSPS) is 12.1. The van der Waals surface area contributed by atoms with Gasteiger partial charge in [0.15, 0.2) is 34.0 Å². The molecule has 0 aliphatic rings. The van der Waals surface area contributed by atoms with E-state index in [-0.39, 0.29) is 104 Å². The summed E-state index contributed by atoms with van der Waals surface area (Å²) in [6.07, 6.45) is 2.48. The zero-order valence-corrected chi connectivity index (χ0v) is 53.7. The Bertz CT molecular complexity index is 3180.